The van der Waals surface area contributed by atoms with Crippen molar-refractivity contribution in [1.82, 2.24) is 0 Å². The molecule has 0 fully saturated rings. The van der Waals surface area contributed by atoms with E-state index in [1.54, 1.807) is 0 Å². The van der Waals surface area contributed by atoms with Crippen LogP contribution in [-0.4, -0.2) is 11.7 Å². The zero-order valence-corrected chi connectivity index (χ0v) is 13.7. The Labute approximate surface area is 136 Å². The minimum atomic E-state index is -0.711. The predicted molar refractivity (Wildman–Crippen MR) is 88.5 cm³/mol. The highest BCUT2D eigenvalue weighted by atomic mass is 127. The third-order valence-electron chi connectivity index (χ3n) is 3.52. The lowest BCUT2D eigenvalue weighted by molar-refractivity contribution is 0.206. The summed E-state index contributed by atoms with van der Waals surface area (Å²) in [5.74, 6) is 0.834. The number of benzene rings is 2. The number of hydrogen-bond acceptors (Lipinski definition) is 2. The maximum absolute atomic E-state index is 10.6. The molecule has 0 radical (unpaired) electrons. The number of fused-ring (bicyclic) bond motifs is 1. The van der Waals surface area contributed by atoms with Gasteiger partial charge in [0.2, 0.25) is 0 Å². The van der Waals surface area contributed by atoms with Gasteiger partial charge < -0.3 is 9.84 Å². The number of rotatable bonds is 2. The van der Waals surface area contributed by atoms with Gasteiger partial charge in [0, 0.05) is 9.13 Å². The molecular weight excluding hydrogens is 387 g/mol. The van der Waals surface area contributed by atoms with Crippen molar-refractivity contribution in [1.29, 1.82) is 0 Å². The molecule has 4 heteroatoms. The van der Waals surface area contributed by atoms with Gasteiger partial charge in [0.1, 0.15) is 11.9 Å². The minimum absolute atomic E-state index is 0.660. The number of aryl methyl sites for hydroxylation is 1. The summed E-state index contributed by atoms with van der Waals surface area (Å²) in [5.41, 5.74) is 2.78. The van der Waals surface area contributed by atoms with Gasteiger partial charge in [0.25, 0.3) is 0 Å². The van der Waals surface area contributed by atoms with Crippen LogP contribution < -0.4 is 4.74 Å². The monoisotopic (exact) mass is 400 g/mol. The maximum atomic E-state index is 10.6. The second kappa shape index (κ2) is 5.92. The first-order valence-electron chi connectivity index (χ1n) is 6.54. The van der Waals surface area contributed by atoms with E-state index in [0.29, 0.717) is 11.6 Å². The van der Waals surface area contributed by atoms with Crippen LogP contribution in [0.15, 0.2) is 36.4 Å². The number of hydrogen-bond donors (Lipinski definition) is 1. The molecule has 1 unspecified atom stereocenters. The van der Waals surface area contributed by atoms with E-state index in [0.717, 1.165) is 33.3 Å². The molecule has 3 rings (SSSR count). The fourth-order valence-corrected chi connectivity index (χ4v) is 3.02. The van der Waals surface area contributed by atoms with E-state index in [-0.39, 0.29) is 0 Å². The Balaban J connectivity index is 2.02. The molecule has 1 aliphatic rings. The van der Waals surface area contributed by atoms with Crippen molar-refractivity contribution in [2.45, 2.75) is 18.9 Å². The Bertz CT molecular complexity index is 642. The van der Waals surface area contributed by atoms with Gasteiger partial charge in [-0.05, 0) is 58.7 Å². The van der Waals surface area contributed by atoms with Crippen LogP contribution in [0.5, 0.6) is 5.75 Å². The molecule has 1 atom stereocenters. The Hall–Kier alpha value is -0.780. The SMILES string of the molecule is OC(c1ccc(I)c(Cl)c1)c1cccc2c1OCCC2. The van der Waals surface area contributed by atoms with Crippen molar-refractivity contribution in [2.75, 3.05) is 6.61 Å². The lowest BCUT2D eigenvalue weighted by Gasteiger charge is -2.23. The van der Waals surface area contributed by atoms with Gasteiger partial charge in [-0.1, -0.05) is 35.9 Å². The van der Waals surface area contributed by atoms with Crippen molar-refractivity contribution in [3.8, 4) is 5.75 Å². The summed E-state index contributed by atoms with van der Waals surface area (Å²) in [5, 5.41) is 11.3. The zero-order chi connectivity index (χ0) is 14.1. The molecular formula is C16H14ClIO2. The highest BCUT2D eigenvalue weighted by Gasteiger charge is 2.21. The normalized spacial score (nSPS) is 15.3. The minimum Gasteiger partial charge on any atom is -0.493 e. The molecule has 2 nitrogen and oxygen atoms in total. The van der Waals surface area contributed by atoms with Gasteiger partial charge in [-0.25, -0.2) is 0 Å². The molecule has 0 aromatic heterocycles. The molecule has 1 aliphatic heterocycles. The molecule has 1 N–H and O–H groups in total. The average molecular weight is 401 g/mol. The molecule has 0 saturated heterocycles. The van der Waals surface area contributed by atoms with Gasteiger partial charge in [-0.3, -0.25) is 0 Å². The highest BCUT2D eigenvalue weighted by Crippen LogP contribution is 2.36. The van der Waals surface area contributed by atoms with Crippen LogP contribution >= 0.6 is 34.2 Å². The molecule has 104 valence electrons. The van der Waals surface area contributed by atoms with Crippen LogP contribution in [-0.2, 0) is 6.42 Å². The van der Waals surface area contributed by atoms with Gasteiger partial charge in [0.15, 0.2) is 0 Å². The van der Waals surface area contributed by atoms with Crippen LogP contribution in [0.4, 0.5) is 0 Å². The van der Waals surface area contributed by atoms with Crippen LogP contribution in [0.2, 0.25) is 5.02 Å². The molecule has 1 heterocycles. The van der Waals surface area contributed by atoms with E-state index in [1.165, 1.54) is 5.56 Å². The summed E-state index contributed by atoms with van der Waals surface area (Å²) in [6.07, 6.45) is 1.32. The summed E-state index contributed by atoms with van der Waals surface area (Å²) in [6, 6.07) is 11.6. The fourth-order valence-electron chi connectivity index (χ4n) is 2.49. The zero-order valence-electron chi connectivity index (χ0n) is 10.8. The Morgan fingerprint density at radius 2 is 2.10 bits per heavy atom. The van der Waals surface area contributed by atoms with Gasteiger partial charge >= 0.3 is 0 Å². The highest BCUT2D eigenvalue weighted by molar-refractivity contribution is 14.1. The number of halogens is 2. The summed E-state index contributed by atoms with van der Waals surface area (Å²) < 4.78 is 6.74. The van der Waals surface area contributed by atoms with E-state index in [2.05, 4.69) is 28.7 Å². The lowest BCUT2D eigenvalue weighted by Crippen LogP contribution is -2.12. The number of aliphatic hydroxyl groups is 1. The van der Waals surface area contributed by atoms with Crippen molar-refractivity contribution < 1.29 is 9.84 Å². The van der Waals surface area contributed by atoms with Crippen molar-refractivity contribution in [3.63, 3.8) is 0 Å². The van der Waals surface area contributed by atoms with E-state index in [4.69, 9.17) is 16.3 Å². The topological polar surface area (TPSA) is 29.5 Å². The summed E-state index contributed by atoms with van der Waals surface area (Å²) >= 11 is 8.31. The largest absolute Gasteiger partial charge is 0.493 e. The van der Waals surface area contributed by atoms with Gasteiger partial charge in [-0.15, -0.1) is 0 Å². The first-order chi connectivity index (χ1) is 9.66. The smallest absolute Gasteiger partial charge is 0.128 e. The molecule has 20 heavy (non-hydrogen) atoms. The van der Waals surface area contributed by atoms with Crippen LogP contribution in [0.1, 0.15) is 29.2 Å². The predicted octanol–water partition coefficient (Wildman–Crippen LogP) is 4.35. The average Bonchev–Trinajstić information content (AvgIpc) is 2.49. The van der Waals surface area contributed by atoms with E-state index in [1.807, 2.05) is 30.3 Å². The molecule has 2 aromatic rings. The van der Waals surface area contributed by atoms with E-state index < -0.39 is 6.10 Å². The molecule has 0 spiro atoms. The third-order valence-corrected chi connectivity index (χ3v) is 5.09. The van der Waals surface area contributed by atoms with Gasteiger partial charge in [-0.2, -0.15) is 0 Å². The van der Waals surface area contributed by atoms with Crippen molar-refractivity contribution in [2.24, 2.45) is 0 Å². The maximum Gasteiger partial charge on any atom is 0.128 e. The van der Waals surface area contributed by atoms with E-state index >= 15 is 0 Å². The molecule has 0 bridgehead atoms. The summed E-state index contributed by atoms with van der Waals surface area (Å²) in [6.45, 7) is 0.712. The first kappa shape index (κ1) is 14.2. The quantitative estimate of drug-likeness (QED) is 0.760. The third kappa shape index (κ3) is 2.67. The van der Waals surface area contributed by atoms with Crippen LogP contribution in [0.3, 0.4) is 0 Å². The Kier molecular flexibility index (Phi) is 4.19. The Morgan fingerprint density at radius 3 is 2.90 bits per heavy atom. The second-order valence-electron chi connectivity index (χ2n) is 4.86. The molecule has 2 aromatic carbocycles. The lowest BCUT2D eigenvalue weighted by atomic mass is 9.96. The van der Waals surface area contributed by atoms with Crippen LogP contribution in [0.25, 0.3) is 0 Å². The Morgan fingerprint density at radius 1 is 1.25 bits per heavy atom. The van der Waals surface area contributed by atoms with E-state index in [9.17, 15) is 5.11 Å². The van der Waals surface area contributed by atoms with Gasteiger partial charge in [0.05, 0.1) is 11.6 Å². The van der Waals surface area contributed by atoms with Crippen molar-refractivity contribution >= 4 is 34.2 Å². The molecule has 0 amide bonds. The second-order valence-corrected chi connectivity index (χ2v) is 6.43. The first-order valence-corrected chi connectivity index (χ1v) is 8.00. The standard InChI is InChI=1S/C16H14ClIO2/c17-13-9-11(6-7-14(13)18)15(19)12-5-1-3-10-4-2-8-20-16(10)12/h1,3,5-7,9,15,19H,2,4,8H2. The fraction of sp³-hybridized carbons (Fsp3) is 0.250. The molecule has 0 saturated carbocycles. The van der Waals surface area contributed by atoms with Crippen LogP contribution in [0, 0.1) is 3.57 Å². The summed E-state index contributed by atoms with van der Waals surface area (Å²) in [7, 11) is 0. The number of ether oxygens (including phenoxy) is 1. The van der Waals surface area contributed by atoms with Crippen molar-refractivity contribution in [3.05, 3.63) is 61.7 Å². The molecule has 0 aliphatic carbocycles. The summed E-state index contributed by atoms with van der Waals surface area (Å²) in [4.78, 5) is 0. The number of para-hydroxylation sites is 1. The number of aliphatic hydroxyl groups excluding tert-OH is 1.